The average molecular weight is 641 g/mol. The summed E-state index contributed by atoms with van der Waals surface area (Å²) < 4.78 is 8.03. The van der Waals surface area contributed by atoms with E-state index >= 15 is 0 Å². The molecule has 8 nitrogen and oxygen atoms in total. The van der Waals surface area contributed by atoms with Gasteiger partial charge in [0.2, 0.25) is 5.91 Å². The normalized spacial score (nSPS) is 16.2. The second-order valence-corrected chi connectivity index (χ2v) is 12.5. The molecular weight excluding hydrogens is 608 g/mol. The summed E-state index contributed by atoms with van der Waals surface area (Å²) in [5.74, 6) is 0.0935. The number of thioether (sulfide) groups is 1. The second-order valence-electron chi connectivity index (χ2n) is 11.0. The Labute approximate surface area is 271 Å². The third kappa shape index (κ3) is 6.79. The first-order valence-electron chi connectivity index (χ1n) is 14.8. The molecule has 10 heteroatoms. The van der Waals surface area contributed by atoms with E-state index in [1.807, 2.05) is 86.6 Å². The highest BCUT2D eigenvalue weighted by molar-refractivity contribution is 8.18. The van der Waals surface area contributed by atoms with E-state index in [9.17, 15) is 14.4 Å². The summed E-state index contributed by atoms with van der Waals surface area (Å²) in [5.41, 5.74) is 5.86. The minimum atomic E-state index is -0.437. The molecule has 0 radical (unpaired) electrons. The monoisotopic (exact) mass is 640 g/mol. The van der Waals surface area contributed by atoms with Crippen LogP contribution in [0.15, 0.2) is 89.8 Å². The number of hydrogen-bond donors (Lipinski definition) is 0. The highest BCUT2D eigenvalue weighted by Gasteiger charge is 2.37. The van der Waals surface area contributed by atoms with Crippen molar-refractivity contribution >= 4 is 52.2 Å². The first kappa shape index (κ1) is 30.6. The molecule has 0 bridgehead atoms. The number of aromatic nitrogens is 1. The molecule has 2 saturated heterocycles. The van der Waals surface area contributed by atoms with Gasteiger partial charge in [-0.15, -0.1) is 0 Å². The summed E-state index contributed by atoms with van der Waals surface area (Å²) >= 11 is 6.84. The zero-order valence-electron chi connectivity index (χ0n) is 25.1. The quantitative estimate of drug-likeness (QED) is 0.199. The van der Waals surface area contributed by atoms with Crippen molar-refractivity contribution < 1.29 is 19.1 Å². The molecule has 1 aromatic heterocycles. The SMILES string of the molecule is Cc1cc(C=C2SC(=O)N(CC(=O)N3CCN(c4ccccc4)CC3)C2=O)c(C)n1-c1ccc(OCc2ccc(Cl)cc2)cc1. The van der Waals surface area contributed by atoms with Crippen molar-refractivity contribution in [2.45, 2.75) is 20.5 Å². The Hall–Kier alpha value is -4.47. The number of nitrogens with zero attached hydrogens (tertiary/aromatic N) is 4. The van der Waals surface area contributed by atoms with Crippen LogP contribution in [0.1, 0.15) is 22.5 Å². The van der Waals surface area contributed by atoms with Gasteiger partial charge in [0.1, 0.15) is 18.9 Å². The van der Waals surface area contributed by atoms with Gasteiger partial charge in [0, 0.05) is 54.0 Å². The van der Waals surface area contributed by atoms with E-state index in [-0.39, 0.29) is 12.5 Å². The first-order chi connectivity index (χ1) is 21.8. The summed E-state index contributed by atoms with van der Waals surface area (Å²) in [6.07, 6.45) is 1.75. The van der Waals surface area contributed by atoms with Crippen LogP contribution in [-0.4, -0.2) is 64.1 Å². The van der Waals surface area contributed by atoms with Crippen LogP contribution < -0.4 is 9.64 Å². The lowest BCUT2D eigenvalue weighted by atomic mass is 10.2. The molecule has 6 rings (SSSR count). The van der Waals surface area contributed by atoms with Gasteiger partial charge in [-0.2, -0.15) is 0 Å². The summed E-state index contributed by atoms with van der Waals surface area (Å²) in [6.45, 7) is 6.65. The van der Waals surface area contributed by atoms with E-state index < -0.39 is 11.1 Å². The number of carbonyl (C=O) groups is 3. The number of benzene rings is 3. The fraction of sp³-hybridized carbons (Fsp3) is 0.229. The third-order valence-electron chi connectivity index (χ3n) is 8.09. The summed E-state index contributed by atoms with van der Waals surface area (Å²) in [4.78, 5) is 44.5. The van der Waals surface area contributed by atoms with Crippen molar-refractivity contribution in [1.82, 2.24) is 14.4 Å². The van der Waals surface area contributed by atoms with Crippen LogP contribution in [0.2, 0.25) is 5.02 Å². The van der Waals surface area contributed by atoms with Gasteiger partial charge in [-0.3, -0.25) is 19.3 Å². The Kier molecular flexibility index (Phi) is 9.00. The fourth-order valence-electron chi connectivity index (χ4n) is 5.64. The van der Waals surface area contributed by atoms with E-state index in [1.54, 1.807) is 11.0 Å². The molecule has 3 heterocycles. The van der Waals surface area contributed by atoms with Crippen LogP contribution in [0.4, 0.5) is 10.5 Å². The number of imide groups is 1. The molecule has 2 fully saturated rings. The van der Waals surface area contributed by atoms with Crippen LogP contribution in [-0.2, 0) is 16.2 Å². The van der Waals surface area contributed by atoms with Crippen molar-refractivity contribution in [2.75, 3.05) is 37.6 Å². The average Bonchev–Trinajstić information content (AvgIpc) is 3.49. The van der Waals surface area contributed by atoms with Gasteiger partial charge in [0.15, 0.2) is 0 Å². The molecule has 45 heavy (non-hydrogen) atoms. The molecule has 3 amide bonds. The standard InChI is InChI=1S/C35H33ClN4O4S/c1-24-20-27(25(2)40(24)30-12-14-31(15-13-30)44-23-26-8-10-28(36)11-9-26)21-32-34(42)39(35(43)45-32)22-33(41)38-18-16-37(17-19-38)29-6-4-3-5-7-29/h3-15,20-21H,16-19,22-23H2,1-2H3. The van der Waals surface area contributed by atoms with E-state index in [0.29, 0.717) is 42.7 Å². The van der Waals surface area contributed by atoms with Gasteiger partial charge in [-0.25, -0.2) is 0 Å². The summed E-state index contributed by atoms with van der Waals surface area (Å²) in [5, 5.41) is 0.264. The van der Waals surface area contributed by atoms with Crippen LogP contribution in [0, 0.1) is 13.8 Å². The maximum absolute atomic E-state index is 13.3. The Morgan fingerprint density at radius 1 is 0.889 bits per heavy atom. The van der Waals surface area contributed by atoms with Crippen molar-refractivity contribution in [2.24, 2.45) is 0 Å². The van der Waals surface area contributed by atoms with E-state index in [0.717, 1.165) is 56.3 Å². The number of para-hydroxylation sites is 1. The van der Waals surface area contributed by atoms with Gasteiger partial charge in [-0.1, -0.05) is 41.9 Å². The molecule has 230 valence electrons. The Balaban J connectivity index is 1.09. The fourth-order valence-corrected chi connectivity index (χ4v) is 6.59. The molecule has 2 aliphatic rings. The number of hydrogen-bond acceptors (Lipinski definition) is 6. The lowest BCUT2D eigenvalue weighted by molar-refractivity contribution is -0.136. The van der Waals surface area contributed by atoms with Crippen molar-refractivity contribution in [3.8, 4) is 11.4 Å². The molecule has 0 atom stereocenters. The van der Waals surface area contributed by atoms with Crippen LogP contribution in [0.5, 0.6) is 5.75 Å². The number of amides is 3. The van der Waals surface area contributed by atoms with Gasteiger partial charge < -0.3 is 19.1 Å². The predicted molar refractivity (Wildman–Crippen MR) is 179 cm³/mol. The van der Waals surface area contributed by atoms with Gasteiger partial charge in [0.05, 0.1) is 4.91 Å². The number of aryl methyl sites for hydroxylation is 1. The lowest BCUT2D eigenvalue weighted by Gasteiger charge is -2.36. The summed E-state index contributed by atoms with van der Waals surface area (Å²) in [6, 6.07) is 27.4. The smallest absolute Gasteiger partial charge is 0.294 e. The molecule has 0 N–H and O–H groups in total. The number of ether oxygens (including phenoxy) is 1. The van der Waals surface area contributed by atoms with Crippen molar-refractivity contribution in [1.29, 1.82) is 0 Å². The molecule has 0 unspecified atom stereocenters. The third-order valence-corrected chi connectivity index (χ3v) is 9.25. The van der Waals surface area contributed by atoms with Gasteiger partial charge in [0.25, 0.3) is 11.1 Å². The van der Waals surface area contributed by atoms with Gasteiger partial charge in [-0.05, 0) is 97.4 Å². The topological polar surface area (TPSA) is 75.1 Å². The number of piperazine rings is 1. The lowest BCUT2D eigenvalue weighted by Crippen LogP contribution is -2.51. The first-order valence-corrected chi connectivity index (χ1v) is 16.0. The predicted octanol–water partition coefficient (Wildman–Crippen LogP) is 6.71. The van der Waals surface area contributed by atoms with Gasteiger partial charge >= 0.3 is 0 Å². The highest BCUT2D eigenvalue weighted by Crippen LogP contribution is 2.34. The molecule has 4 aromatic rings. The Bertz CT molecular complexity index is 1740. The minimum absolute atomic E-state index is 0.218. The maximum Gasteiger partial charge on any atom is 0.294 e. The number of anilines is 1. The second kappa shape index (κ2) is 13.3. The number of rotatable bonds is 8. The summed E-state index contributed by atoms with van der Waals surface area (Å²) in [7, 11) is 0. The molecular formula is C35H33ClN4O4S. The molecule has 2 aliphatic heterocycles. The number of halogens is 1. The molecule has 0 saturated carbocycles. The zero-order chi connectivity index (χ0) is 31.5. The van der Waals surface area contributed by atoms with E-state index in [2.05, 4.69) is 21.6 Å². The van der Waals surface area contributed by atoms with Crippen LogP contribution >= 0.6 is 23.4 Å². The zero-order valence-corrected chi connectivity index (χ0v) is 26.7. The maximum atomic E-state index is 13.3. The van der Waals surface area contributed by atoms with Crippen LogP contribution in [0.3, 0.4) is 0 Å². The Morgan fingerprint density at radius 3 is 2.27 bits per heavy atom. The number of carbonyl (C=O) groups excluding carboxylic acids is 3. The molecule has 0 spiro atoms. The van der Waals surface area contributed by atoms with Crippen molar-refractivity contribution in [3.63, 3.8) is 0 Å². The minimum Gasteiger partial charge on any atom is -0.489 e. The largest absolute Gasteiger partial charge is 0.489 e. The highest BCUT2D eigenvalue weighted by atomic mass is 35.5. The van der Waals surface area contributed by atoms with Crippen molar-refractivity contribution in [3.05, 3.63) is 117 Å². The Morgan fingerprint density at radius 2 is 1.58 bits per heavy atom. The molecule has 0 aliphatic carbocycles. The van der Waals surface area contributed by atoms with Crippen LogP contribution in [0.25, 0.3) is 11.8 Å². The molecule has 3 aromatic carbocycles. The van der Waals surface area contributed by atoms with E-state index in [4.69, 9.17) is 16.3 Å². The van der Waals surface area contributed by atoms with E-state index in [1.165, 1.54) is 0 Å².